The molecule has 1 aliphatic carbocycles. The first-order valence-electron chi connectivity index (χ1n) is 9.73. The molecule has 0 bridgehead atoms. The Hall–Kier alpha value is -2.87. The third kappa shape index (κ3) is 4.18. The van der Waals surface area contributed by atoms with E-state index in [2.05, 4.69) is 5.32 Å². The second-order valence-corrected chi connectivity index (χ2v) is 10.0. The molecule has 0 radical (unpaired) electrons. The molecule has 2 aromatic rings. The van der Waals surface area contributed by atoms with E-state index in [1.165, 1.54) is 7.11 Å². The highest BCUT2D eigenvalue weighted by Gasteiger charge is 2.61. The number of nitrogens with one attached hydrogen (secondary N) is 1. The number of esters is 1. The van der Waals surface area contributed by atoms with Gasteiger partial charge in [0, 0.05) is 17.3 Å². The van der Waals surface area contributed by atoms with E-state index in [0.29, 0.717) is 29.8 Å². The standard InChI is InChI=1S/C22H23NO6S/c1-28-17-9-5-8-16(12-17)23-20(24)19(15-6-3-2-4-7-15)29-21(25)18-13-30(26,27)14-22(18)10-11-22/h2-9,12,18-19H,10-11,13-14H2,1H3,(H,23,24). The summed E-state index contributed by atoms with van der Waals surface area (Å²) in [6.07, 6.45) is 0.194. The summed E-state index contributed by atoms with van der Waals surface area (Å²) in [5, 5.41) is 2.75. The van der Waals surface area contributed by atoms with Crippen LogP contribution in [0.3, 0.4) is 0 Å². The number of hydrogen-bond acceptors (Lipinski definition) is 6. The van der Waals surface area contributed by atoms with Crippen molar-refractivity contribution in [3.63, 3.8) is 0 Å². The van der Waals surface area contributed by atoms with Gasteiger partial charge in [0.15, 0.2) is 9.84 Å². The summed E-state index contributed by atoms with van der Waals surface area (Å²) in [7, 11) is -1.75. The number of carbonyl (C=O) groups is 2. The van der Waals surface area contributed by atoms with Crippen molar-refractivity contribution in [3.05, 3.63) is 60.2 Å². The molecule has 0 aromatic heterocycles. The van der Waals surface area contributed by atoms with Crippen molar-refractivity contribution in [1.82, 2.24) is 0 Å². The number of ether oxygens (including phenoxy) is 2. The van der Waals surface area contributed by atoms with Crippen LogP contribution in [0.4, 0.5) is 5.69 Å². The first-order valence-corrected chi connectivity index (χ1v) is 11.5. The van der Waals surface area contributed by atoms with Crippen molar-refractivity contribution < 1.29 is 27.5 Å². The van der Waals surface area contributed by atoms with Gasteiger partial charge in [-0.25, -0.2) is 8.42 Å². The zero-order valence-electron chi connectivity index (χ0n) is 16.5. The summed E-state index contributed by atoms with van der Waals surface area (Å²) in [5.74, 6) is -1.50. The van der Waals surface area contributed by atoms with Crippen LogP contribution in [0.25, 0.3) is 0 Å². The minimum absolute atomic E-state index is 0.0196. The van der Waals surface area contributed by atoms with Crippen molar-refractivity contribution in [2.45, 2.75) is 18.9 Å². The number of carbonyl (C=O) groups excluding carboxylic acids is 2. The van der Waals surface area contributed by atoms with Gasteiger partial charge in [-0.3, -0.25) is 9.59 Å². The number of sulfone groups is 1. The molecule has 158 valence electrons. The fraction of sp³-hybridized carbons (Fsp3) is 0.364. The van der Waals surface area contributed by atoms with E-state index in [1.54, 1.807) is 54.6 Å². The Kier molecular flexibility index (Phi) is 5.27. The topological polar surface area (TPSA) is 98.8 Å². The lowest BCUT2D eigenvalue weighted by Gasteiger charge is -2.22. The van der Waals surface area contributed by atoms with E-state index >= 15 is 0 Å². The number of methoxy groups -OCH3 is 1. The highest BCUT2D eigenvalue weighted by atomic mass is 32.2. The summed E-state index contributed by atoms with van der Waals surface area (Å²) in [6, 6.07) is 15.5. The average molecular weight is 429 g/mol. The molecule has 4 rings (SSSR count). The Morgan fingerprint density at radius 2 is 1.83 bits per heavy atom. The third-order valence-corrected chi connectivity index (χ3v) is 7.61. The van der Waals surface area contributed by atoms with Crippen molar-refractivity contribution in [3.8, 4) is 5.75 Å². The van der Waals surface area contributed by atoms with Crippen LogP contribution < -0.4 is 10.1 Å². The first kappa shape index (κ1) is 20.4. The van der Waals surface area contributed by atoms with E-state index in [-0.39, 0.29) is 11.5 Å². The summed E-state index contributed by atoms with van der Waals surface area (Å²) in [6.45, 7) is 0. The minimum atomic E-state index is -3.28. The Morgan fingerprint density at radius 1 is 1.10 bits per heavy atom. The van der Waals surface area contributed by atoms with Gasteiger partial charge in [-0.05, 0) is 30.4 Å². The molecule has 2 unspecified atom stereocenters. The highest BCUT2D eigenvalue weighted by molar-refractivity contribution is 7.91. The number of benzene rings is 2. The Bertz CT molecular complexity index is 1060. The molecule has 2 fully saturated rings. The number of rotatable bonds is 6. The zero-order chi connectivity index (χ0) is 21.4. The van der Waals surface area contributed by atoms with Crippen molar-refractivity contribution in [1.29, 1.82) is 0 Å². The van der Waals surface area contributed by atoms with Crippen LogP contribution in [0.1, 0.15) is 24.5 Å². The molecule has 30 heavy (non-hydrogen) atoms. The minimum Gasteiger partial charge on any atom is -0.497 e. The highest BCUT2D eigenvalue weighted by Crippen LogP contribution is 2.57. The maximum absolute atomic E-state index is 13.0. The lowest BCUT2D eigenvalue weighted by Crippen LogP contribution is -2.32. The van der Waals surface area contributed by atoms with Crippen LogP contribution in [-0.4, -0.2) is 38.9 Å². The number of hydrogen-bond donors (Lipinski definition) is 1. The first-order chi connectivity index (χ1) is 14.3. The van der Waals surface area contributed by atoms with Crippen LogP contribution >= 0.6 is 0 Å². The largest absolute Gasteiger partial charge is 0.497 e. The lowest BCUT2D eigenvalue weighted by atomic mass is 9.93. The predicted molar refractivity (Wildman–Crippen MR) is 111 cm³/mol. The molecule has 1 amide bonds. The molecule has 7 nitrogen and oxygen atoms in total. The molecule has 1 aliphatic heterocycles. The van der Waals surface area contributed by atoms with Crippen molar-refractivity contribution in [2.24, 2.45) is 11.3 Å². The van der Waals surface area contributed by atoms with E-state index in [0.717, 1.165) is 0 Å². The smallest absolute Gasteiger partial charge is 0.311 e. The molecule has 2 atom stereocenters. The molecule has 8 heteroatoms. The third-order valence-electron chi connectivity index (χ3n) is 5.76. The van der Waals surface area contributed by atoms with E-state index in [4.69, 9.17) is 9.47 Å². The SMILES string of the molecule is COc1cccc(NC(=O)C(OC(=O)C2CS(=O)(=O)CC23CC3)c2ccccc2)c1. The Labute approximate surface area is 175 Å². The fourth-order valence-electron chi connectivity index (χ4n) is 4.01. The van der Waals surface area contributed by atoms with Gasteiger partial charge in [0.2, 0.25) is 6.10 Å². The van der Waals surface area contributed by atoms with Gasteiger partial charge in [0.25, 0.3) is 5.91 Å². The molecule has 1 saturated carbocycles. The van der Waals surface area contributed by atoms with Gasteiger partial charge in [0.1, 0.15) is 5.75 Å². The maximum Gasteiger partial charge on any atom is 0.311 e. The van der Waals surface area contributed by atoms with E-state index in [1.807, 2.05) is 0 Å². The molecule has 1 spiro atoms. The average Bonchev–Trinajstić information content (AvgIpc) is 3.43. The van der Waals surface area contributed by atoms with Gasteiger partial charge < -0.3 is 14.8 Å². The number of amides is 1. The fourth-order valence-corrected chi connectivity index (χ4v) is 6.49. The predicted octanol–water partition coefficient (Wildman–Crippen LogP) is 2.74. The van der Waals surface area contributed by atoms with Crippen LogP contribution in [0.2, 0.25) is 0 Å². The molecule has 1 heterocycles. The number of anilines is 1. The molecule has 2 aromatic carbocycles. The van der Waals surface area contributed by atoms with Gasteiger partial charge in [0.05, 0.1) is 24.5 Å². The summed E-state index contributed by atoms with van der Waals surface area (Å²) in [4.78, 5) is 26.0. The second kappa shape index (κ2) is 7.75. The summed E-state index contributed by atoms with van der Waals surface area (Å²) in [5.41, 5.74) is 0.496. The summed E-state index contributed by atoms with van der Waals surface area (Å²) < 4.78 is 35.0. The summed E-state index contributed by atoms with van der Waals surface area (Å²) >= 11 is 0. The lowest BCUT2D eigenvalue weighted by molar-refractivity contribution is -0.159. The molecule has 1 N–H and O–H groups in total. The van der Waals surface area contributed by atoms with Gasteiger partial charge >= 0.3 is 5.97 Å². The van der Waals surface area contributed by atoms with Crippen LogP contribution in [0, 0.1) is 11.3 Å². The van der Waals surface area contributed by atoms with Crippen molar-refractivity contribution in [2.75, 3.05) is 23.9 Å². The van der Waals surface area contributed by atoms with Gasteiger partial charge in [-0.15, -0.1) is 0 Å². The molecular formula is C22H23NO6S. The van der Waals surface area contributed by atoms with Crippen LogP contribution in [0.15, 0.2) is 54.6 Å². The van der Waals surface area contributed by atoms with Gasteiger partial charge in [-0.1, -0.05) is 36.4 Å². The Morgan fingerprint density at radius 3 is 2.50 bits per heavy atom. The van der Waals surface area contributed by atoms with Gasteiger partial charge in [-0.2, -0.15) is 0 Å². The van der Waals surface area contributed by atoms with E-state index < -0.39 is 39.2 Å². The second-order valence-electron chi connectivity index (χ2n) is 7.92. The maximum atomic E-state index is 13.0. The molecule has 2 aliphatic rings. The molecule has 1 saturated heterocycles. The zero-order valence-corrected chi connectivity index (χ0v) is 17.4. The monoisotopic (exact) mass is 429 g/mol. The van der Waals surface area contributed by atoms with Crippen molar-refractivity contribution >= 4 is 27.4 Å². The quantitative estimate of drug-likeness (QED) is 0.709. The van der Waals surface area contributed by atoms with Crippen LogP contribution in [0.5, 0.6) is 5.75 Å². The Balaban J connectivity index is 1.56. The van der Waals surface area contributed by atoms with Crippen LogP contribution in [-0.2, 0) is 24.2 Å². The molecular weight excluding hydrogens is 406 g/mol. The van der Waals surface area contributed by atoms with E-state index in [9.17, 15) is 18.0 Å². The normalized spacial score (nSPS) is 21.6.